The van der Waals surface area contributed by atoms with Gasteiger partial charge in [0.05, 0.1) is 0 Å². The Morgan fingerprint density at radius 1 is 1.20 bits per heavy atom. The molecule has 0 spiro atoms. The number of carbonyl (C=O) groups is 1. The van der Waals surface area contributed by atoms with Crippen molar-refractivity contribution in [1.29, 1.82) is 0 Å². The van der Waals surface area contributed by atoms with Crippen molar-refractivity contribution in [2.24, 2.45) is 5.92 Å². The highest BCUT2D eigenvalue weighted by atomic mass is 32.2. The summed E-state index contributed by atoms with van der Waals surface area (Å²) < 4.78 is 23.6. The van der Waals surface area contributed by atoms with Crippen molar-refractivity contribution >= 4 is 27.2 Å². The predicted octanol–water partition coefficient (Wildman–Crippen LogP) is 3.08. The molecule has 0 saturated heterocycles. The SMILES string of the molecule is CC(C)CC(=O)Nc1cccc(CNc2ncccc2S(C)(=O)=O)c1. The fourth-order valence-electron chi connectivity index (χ4n) is 2.35. The van der Waals surface area contributed by atoms with E-state index < -0.39 is 9.84 Å². The molecule has 6 nitrogen and oxygen atoms in total. The van der Waals surface area contributed by atoms with Gasteiger partial charge in [0.1, 0.15) is 10.7 Å². The monoisotopic (exact) mass is 361 g/mol. The molecule has 2 rings (SSSR count). The first-order valence-electron chi connectivity index (χ1n) is 8.03. The summed E-state index contributed by atoms with van der Waals surface area (Å²) in [4.78, 5) is 16.1. The molecule has 0 bridgehead atoms. The summed E-state index contributed by atoms with van der Waals surface area (Å²) in [5.41, 5.74) is 1.63. The number of hydrogen-bond acceptors (Lipinski definition) is 5. The van der Waals surface area contributed by atoms with Gasteiger partial charge < -0.3 is 10.6 Å². The van der Waals surface area contributed by atoms with Crippen molar-refractivity contribution in [2.75, 3.05) is 16.9 Å². The zero-order valence-electron chi connectivity index (χ0n) is 14.6. The third-order valence-electron chi connectivity index (χ3n) is 3.43. The fourth-order valence-corrected chi connectivity index (χ4v) is 3.15. The van der Waals surface area contributed by atoms with E-state index in [1.807, 2.05) is 38.1 Å². The molecule has 0 aliphatic carbocycles. The van der Waals surface area contributed by atoms with Gasteiger partial charge in [-0.05, 0) is 35.7 Å². The van der Waals surface area contributed by atoms with E-state index in [0.29, 0.717) is 30.4 Å². The number of amides is 1. The minimum atomic E-state index is -3.36. The van der Waals surface area contributed by atoms with E-state index in [1.54, 1.807) is 12.3 Å². The van der Waals surface area contributed by atoms with Crippen LogP contribution in [0.2, 0.25) is 0 Å². The van der Waals surface area contributed by atoms with Crippen molar-refractivity contribution in [2.45, 2.75) is 31.7 Å². The maximum Gasteiger partial charge on any atom is 0.224 e. The number of aromatic nitrogens is 1. The number of anilines is 2. The topological polar surface area (TPSA) is 88.2 Å². The maximum absolute atomic E-state index is 11.9. The predicted molar refractivity (Wildman–Crippen MR) is 99.2 cm³/mol. The van der Waals surface area contributed by atoms with E-state index in [2.05, 4.69) is 15.6 Å². The summed E-state index contributed by atoms with van der Waals surface area (Å²) in [5, 5.41) is 5.92. The second-order valence-electron chi connectivity index (χ2n) is 6.32. The fraction of sp³-hybridized carbons (Fsp3) is 0.333. The van der Waals surface area contributed by atoms with Crippen molar-refractivity contribution in [3.8, 4) is 0 Å². The molecule has 0 radical (unpaired) electrons. The molecule has 1 heterocycles. The number of nitrogens with one attached hydrogen (secondary N) is 2. The number of hydrogen-bond donors (Lipinski definition) is 2. The minimum absolute atomic E-state index is 0.0239. The van der Waals surface area contributed by atoms with Crippen LogP contribution in [0.25, 0.3) is 0 Å². The highest BCUT2D eigenvalue weighted by molar-refractivity contribution is 7.90. The van der Waals surface area contributed by atoms with E-state index in [-0.39, 0.29) is 10.8 Å². The van der Waals surface area contributed by atoms with Crippen molar-refractivity contribution in [3.05, 3.63) is 48.2 Å². The van der Waals surface area contributed by atoms with Crippen molar-refractivity contribution in [1.82, 2.24) is 4.98 Å². The summed E-state index contributed by atoms with van der Waals surface area (Å²) in [5.74, 6) is 0.590. The molecule has 2 aromatic rings. The first-order chi connectivity index (χ1) is 11.8. The number of benzene rings is 1. The Kier molecular flexibility index (Phi) is 6.14. The van der Waals surface area contributed by atoms with Crippen LogP contribution in [-0.4, -0.2) is 25.6 Å². The van der Waals surface area contributed by atoms with E-state index in [0.717, 1.165) is 11.8 Å². The summed E-state index contributed by atoms with van der Waals surface area (Å²) in [6, 6.07) is 10.5. The van der Waals surface area contributed by atoms with Crippen LogP contribution in [0.5, 0.6) is 0 Å². The third kappa shape index (κ3) is 5.86. The molecule has 1 aromatic carbocycles. The average molecular weight is 361 g/mol. The smallest absolute Gasteiger partial charge is 0.224 e. The van der Waals surface area contributed by atoms with Crippen LogP contribution in [0.1, 0.15) is 25.8 Å². The van der Waals surface area contributed by atoms with Crippen LogP contribution in [0.4, 0.5) is 11.5 Å². The van der Waals surface area contributed by atoms with Gasteiger partial charge in [-0.25, -0.2) is 13.4 Å². The van der Waals surface area contributed by atoms with Gasteiger partial charge in [-0.1, -0.05) is 26.0 Å². The van der Waals surface area contributed by atoms with Gasteiger partial charge in [0, 0.05) is 31.1 Å². The van der Waals surface area contributed by atoms with Crippen LogP contribution in [0.3, 0.4) is 0 Å². The lowest BCUT2D eigenvalue weighted by molar-refractivity contribution is -0.116. The van der Waals surface area contributed by atoms with Gasteiger partial charge in [-0.3, -0.25) is 4.79 Å². The molecule has 1 aromatic heterocycles. The van der Waals surface area contributed by atoms with Crippen molar-refractivity contribution in [3.63, 3.8) is 0 Å². The molecular formula is C18H23N3O3S. The molecule has 7 heteroatoms. The third-order valence-corrected chi connectivity index (χ3v) is 4.56. The lowest BCUT2D eigenvalue weighted by Crippen LogP contribution is -2.14. The average Bonchev–Trinajstić information content (AvgIpc) is 2.52. The summed E-state index contributed by atoms with van der Waals surface area (Å²) in [6.07, 6.45) is 3.16. The van der Waals surface area contributed by atoms with E-state index in [4.69, 9.17) is 0 Å². The molecule has 1 amide bonds. The van der Waals surface area contributed by atoms with Gasteiger partial charge in [-0.15, -0.1) is 0 Å². The molecule has 0 aliphatic rings. The van der Waals surface area contributed by atoms with Gasteiger partial charge in [0.25, 0.3) is 0 Å². The lowest BCUT2D eigenvalue weighted by atomic mass is 10.1. The number of pyridine rings is 1. The first kappa shape index (κ1) is 18.9. The molecule has 2 N–H and O–H groups in total. The molecule has 25 heavy (non-hydrogen) atoms. The molecular weight excluding hydrogens is 338 g/mol. The van der Waals surface area contributed by atoms with Gasteiger partial charge >= 0.3 is 0 Å². The van der Waals surface area contributed by atoms with Crippen LogP contribution in [0.15, 0.2) is 47.5 Å². The Hall–Kier alpha value is -2.41. The molecule has 0 atom stereocenters. The number of nitrogens with zero attached hydrogens (tertiary/aromatic N) is 1. The normalized spacial score (nSPS) is 11.4. The summed E-state index contributed by atoms with van der Waals surface area (Å²) in [7, 11) is -3.36. The second kappa shape index (κ2) is 8.11. The Morgan fingerprint density at radius 3 is 2.64 bits per heavy atom. The van der Waals surface area contributed by atoms with E-state index in [9.17, 15) is 13.2 Å². The Balaban J connectivity index is 2.08. The standard InChI is InChI=1S/C18H23N3O3S/c1-13(2)10-17(22)21-15-7-4-6-14(11-15)12-20-18-16(25(3,23)24)8-5-9-19-18/h4-9,11,13H,10,12H2,1-3H3,(H,19,20)(H,21,22). The Bertz CT molecular complexity index is 848. The first-order valence-corrected chi connectivity index (χ1v) is 9.92. The van der Waals surface area contributed by atoms with Gasteiger partial charge in [0.15, 0.2) is 9.84 Å². The van der Waals surface area contributed by atoms with Crippen LogP contribution < -0.4 is 10.6 Å². The van der Waals surface area contributed by atoms with E-state index in [1.165, 1.54) is 6.07 Å². The number of rotatable bonds is 7. The van der Waals surface area contributed by atoms with Gasteiger partial charge in [0.2, 0.25) is 5.91 Å². The molecule has 134 valence electrons. The second-order valence-corrected chi connectivity index (χ2v) is 8.31. The van der Waals surface area contributed by atoms with Crippen LogP contribution >= 0.6 is 0 Å². The highest BCUT2D eigenvalue weighted by Crippen LogP contribution is 2.19. The number of sulfone groups is 1. The largest absolute Gasteiger partial charge is 0.365 e. The van der Waals surface area contributed by atoms with Gasteiger partial charge in [-0.2, -0.15) is 0 Å². The van der Waals surface area contributed by atoms with Crippen molar-refractivity contribution < 1.29 is 13.2 Å². The van der Waals surface area contributed by atoms with Crippen LogP contribution in [0, 0.1) is 5.92 Å². The lowest BCUT2D eigenvalue weighted by Gasteiger charge is -2.11. The molecule has 0 fully saturated rings. The Morgan fingerprint density at radius 2 is 1.96 bits per heavy atom. The molecule has 0 aliphatic heterocycles. The summed E-state index contributed by atoms with van der Waals surface area (Å²) in [6.45, 7) is 4.38. The summed E-state index contributed by atoms with van der Waals surface area (Å²) >= 11 is 0. The van der Waals surface area contributed by atoms with E-state index >= 15 is 0 Å². The zero-order chi connectivity index (χ0) is 18.4. The Labute approximate surface area is 148 Å². The highest BCUT2D eigenvalue weighted by Gasteiger charge is 2.13. The molecule has 0 unspecified atom stereocenters. The number of carbonyl (C=O) groups excluding carboxylic acids is 1. The molecule has 0 saturated carbocycles. The zero-order valence-corrected chi connectivity index (χ0v) is 15.4. The van der Waals surface area contributed by atoms with Crippen LogP contribution in [-0.2, 0) is 21.2 Å². The quantitative estimate of drug-likeness (QED) is 0.791. The minimum Gasteiger partial charge on any atom is -0.365 e. The maximum atomic E-state index is 11.9.